The molecule has 1 rings (SSSR count). The summed E-state index contributed by atoms with van der Waals surface area (Å²) in [4.78, 5) is 24.9. The maximum Gasteiger partial charge on any atom is 0.235 e. The van der Waals surface area contributed by atoms with Crippen LogP contribution in [0.3, 0.4) is 0 Å². The number of carbonyl (C=O) groups is 2. The second kappa shape index (κ2) is 7.33. The molecule has 0 spiro atoms. The topological polar surface area (TPSA) is 87.5 Å². The van der Waals surface area contributed by atoms with Crippen molar-refractivity contribution in [2.24, 2.45) is 5.84 Å². The quantitative estimate of drug-likeness (QED) is 0.209. The lowest BCUT2D eigenvalue weighted by molar-refractivity contribution is -0.124. The molecule has 1 aliphatic heterocycles. The van der Waals surface area contributed by atoms with Crippen LogP contribution in [0.2, 0.25) is 0 Å². The van der Waals surface area contributed by atoms with Crippen molar-refractivity contribution < 1.29 is 9.59 Å². The van der Waals surface area contributed by atoms with E-state index in [0.29, 0.717) is 25.2 Å². The predicted octanol–water partition coefficient (Wildman–Crippen LogP) is -0.254. The summed E-state index contributed by atoms with van der Waals surface area (Å²) >= 11 is 0. The van der Waals surface area contributed by atoms with Gasteiger partial charge in [-0.05, 0) is 26.7 Å². The van der Waals surface area contributed by atoms with Crippen molar-refractivity contribution in [1.29, 1.82) is 0 Å². The highest BCUT2D eigenvalue weighted by Gasteiger charge is 2.26. The van der Waals surface area contributed by atoms with E-state index in [-0.39, 0.29) is 18.2 Å². The summed E-state index contributed by atoms with van der Waals surface area (Å²) < 4.78 is 0. The minimum atomic E-state index is -0.269. The second-order valence-corrected chi connectivity index (χ2v) is 4.97. The van der Waals surface area contributed by atoms with Crippen molar-refractivity contribution in [2.45, 2.75) is 51.6 Å². The van der Waals surface area contributed by atoms with Crippen LogP contribution in [0.1, 0.15) is 39.5 Å². The van der Waals surface area contributed by atoms with Gasteiger partial charge in [0.05, 0.1) is 6.54 Å². The van der Waals surface area contributed by atoms with Crippen molar-refractivity contribution in [2.75, 3.05) is 13.1 Å². The van der Waals surface area contributed by atoms with Gasteiger partial charge in [0.25, 0.3) is 0 Å². The van der Waals surface area contributed by atoms with E-state index in [4.69, 9.17) is 5.84 Å². The molecule has 2 amide bonds. The van der Waals surface area contributed by atoms with Crippen molar-refractivity contribution in [3.05, 3.63) is 0 Å². The summed E-state index contributed by atoms with van der Waals surface area (Å²) in [5, 5.41) is 2.74. The van der Waals surface area contributed by atoms with Crippen molar-refractivity contribution in [1.82, 2.24) is 15.6 Å². The van der Waals surface area contributed by atoms with Crippen molar-refractivity contribution >= 4 is 11.8 Å². The highest BCUT2D eigenvalue weighted by Crippen LogP contribution is 2.21. The third-order valence-corrected chi connectivity index (χ3v) is 3.54. The average molecular weight is 261 g/mol. The molecule has 1 aliphatic rings. The van der Waals surface area contributed by atoms with Gasteiger partial charge in [0.2, 0.25) is 11.8 Å². The molecule has 6 heteroatoms. The van der Waals surface area contributed by atoms with Crippen molar-refractivity contribution in [3.8, 4) is 0 Å². The van der Waals surface area contributed by atoms with E-state index in [2.05, 4.69) is 24.1 Å². The molecular formula is C12H24N4O2. The van der Waals surface area contributed by atoms with E-state index in [1.807, 2.05) is 5.43 Å². The van der Waals surface area contributed by atoms with E-state index in [1.54, 1.807) is 0 Å². The Morgan fingerprint density at radius 1 is 1.22 bits per heavy atom. The predicted molar refractivity (Wildman–Crippen MR) is 69.4 cm³/mol. The second-order valence-electron chi connectivity index (χ2n) is 4.97. The Hall–Kier alpha value is -1.14. The van der Waals surface area contributed by atoms with Crippen LogP contribution in [-0.4, -0.2) is 41.9 Å². The van der Waals surface area contributed by atoms with E-state index in [1.165, 1.54) is 6.42 Å². The summed E-state index contributed by atoms with van der Waals surface area (Å²) in [7, 11) is 0. The molecule has 6 nitrogen and oxygen atoms in total. The monoisotopic (exact) mass is 261 g/mol. The number of nitrogens with zero attached hydrogens (tertiary/aromatic N) is 1. The molecule has 0 aromatic heterocycles. The van der Waals surface area contributed by atoms with E-state index < -0.39 is 0 Å². The first-order valence-electron chi connectivity index (χ1n) is 6.56. The standard InChI is InChI=1S/C12H24N4O2/c1-9-4-3-5-10(2)16(9)8-12(18)14-7-6-11(17)15-13/h9-10H,3-8,13H2,1-2H3,(H,14,18)(H,15,17)/t9-,10+/i1+1,2+1,7+1,12+1,16+1. The lowest BCUT2D eigenvalue weighted by Gasteiger charge is -2.38. The van der Waals surface area contributed by atoms with Crippen LogP contribution in [0.15, 0.2) is 0 Å². The summed E-state index contributed by atoms with van der Waals surface area (Å²) in [5.41, 5.74) is 2.03. The van der Waals surface area contributed by atoms with Gasteiger partial charge in [-0.15, -0.1) is 0 Å². The number of rotatable bonds is 5. The largest absolute Gasteiger partial charge is 0.354 e. The molecule has 18 heavy (non-hydrogen) atoms. The molecule has 0 bridgehead atoms. The number of likely N-dealkylation sites (tertiary alicyclic amines) is 1. The zero-order valence-electron chi connectivity index (χ0n) is 11.2. The molecule has 0 aromatic carbocycles. The lowest BCUT2D eigenvalue weighted by Crippen LogP contribution is -2.49. The Morgan fingerprint density at radius 3 is 2.39 bits per heavy atom. The average Bonchev–Trinajstić information content (AvgIpc) is 2.34. The number of hydrogen-bond acceptors (Lipinski definition) is 4. The smallest absolute Gasteiger partial charge is 0.235 e. The minimum absolute atomic E-state index is 0.0274. The van der Waals surface area contributed by atoms with Crippen molar-refractivity contribution in [3.63, 3.8) is 0 Å². The first-order chi connectivity index (χ1) is 8.54. The third kappa shape index (κ3) is 4.62. The molecule has 1 heterocycles. The Bertz CT molecular complexity index is 286. The third-order valence-electron chi connectivity index (χ3n) is 3.54. The normalized spacial score (nSPS) is 24.6. The van der Waals surface area contributed by atoms with Crippen LogP contribution in [0.5, 0.6) is 0 Å². The van der Waals surface area contributed by atoms with Gasteiger partial charge >= 0.3 is 0 Å². The Kier molecular flexibility index (Phi) is 6.07. The van der Waals surface area contributed by atoms with Crippen LogP contribution in [-0.2, 0) is 9.59 Å². The zero-order chi connectivity index (χ0) is 13.5. The summed E-state index contributed by atoms with van der Waals surface area (Å²) in [6.45, 7) is 5.06. The van der Waals surface area contributed by atoms with E-state index in [9.17, 15) is 9.59 Å². The molecule has 0 aromatic rings. The minimum Gasteiger partial charge on any atom is -0.354 e. The molecular weight excluding hydrogens is 237 g/mol. The van der Waals surface area contributed by atoms with E-state index >= 15 is 0 Å². The molecule has 4 N–H and O–H groups in total. The molecule has 0 aliphatic carbocycles. The summed E-state index contributed by atoms with van der Waals surface area (Å²) in [6, 6.07) is 0.902. The number of nitrogens with one attached hydrogen (secondary N) is 2. The molecule has 2 atom stereocenters. The maximum absolute atomic E-state index is 11.8. The van der Waals surface area contributed by atoms with Gasteiger partial charge in [0, 0.05) is 25.0 Å². The van der Waals surface area contributed by atoms with Gasteiger partial charge in [-0.1, -0.05) is 6.42 Å². The fraction of sp³-hybridized carbons (Fsp3) is 0.833. The van der Waals surface area contributed by atoms with Crippen LogP contribution in [0, 0.1) is 0 Å². The lowest BCUT2D eigenvalue weighted by atomic mass is 10.1. The van der Waals surface area contributed by atoms with Gasteiger partial charge in [0.15, 0.2) is 0 Å². The summed E-state index contributed by atoms with van der Waals surface area (Å²) in [6.07, 6.45) is 3.74. The molecule has 0 radical (unpaired) electrons. The zero-order valence-corrected chi connectivity index (χ0v) is 11.2. The Labute approximate surface area is 108 Å². The van der Waals surface area contributed by atoms with Gasteiger partial charge in [-0.25, -0.2) is 5.84 Å². The van der Waals surface area contributed by atoms with Crippen LogP contribution < -0.4 is 16.6 Å². The van der Waals surface area contributed by atoms with Gasteiger partial charge < -0.3 is 5.32 Å². The molecule has 0 saturated carbocycles. The number of hydrogen-bond donors (Lipinski definition) is 3. The SMILES string of the molecule is [13CH3][C@@H]1CCC[C@H]([13CH3])[15N]1C[13C](=O)N[13CH2]CC(=O)NN. The number of amides is 2. The van der Waals surface area contributed by atoms with Crippen LogP contribution >= 0.6 is 0 Å². The molecule has 104 valence electrons. The maximum atomic E-state index is 11.8. The van der Waals surface area contributed by atoms with Crippen LogP contribution in [0.25, 0.3) is 0 Å². The van der Waals surface area contributed by atoms with Gasteiger partial charge in [0.1, 0.15) is 0 Å². The number of nitrogens with two attached hydrogens (primary N) is 1. The number of hydrazine groups is 1. The van der Waals surface area contributed by atoms with Gasteiger partial charge in [-0.2, -0.15) is 0 Å². The first-order valence-corrected chi connectivity index (χ1v) is 6.56. The Morgan fingerprint density at radius 2 is 1.83 bits per heavy atom. The first kappa shape index (κ1) is 14.9. The highest BCUT2D eigenvalue weighted by atomic mass is 16.2. The molecule has 1 saturated heterocycles. The Balaban J connectivity index is 2.28. The molecule has 1 fully saturated rings. The van der Waals surface area contributed by atoms with Crippen LogP contribution in [0.4, 0.5) is 0 Å². The summed E-state index contributed by atoms with van der Waals surface area (Å²) in [5.74, 6) is 4.66. The highest BCUT2D eigenvalue weighted by molar-refractivity contribution is 5.79. The molecule has 0 unspecified atom stereocenters. The fourth-order valence-electron chi connectivity index (χ4n) is 2.40. The number of carbonyl (C=O) groups excluding carboxylic acids is 2. The van der Waals surface area contributed by atoms with Gasteiger partial charge in [-0.3, -0.25) is 19.9 Å². The fourth-order valence-corrected chi connectivity index (χ4v) is 2.40. The number of piperidine rings is 1. The van der Waals surface area contributed by atoms with E-state index in [0.717, 1.165) is 12.8 Å².